The number of hydrogen-bond donors (Lipinski definition) is 1. The first kappa shape index (κ1) is 23.1. The van der Waals surface area contributed by atoms with Gasteiger partial charge in [-0.2, -0.15) is 0 Å². The summed E-state index contributed by atoms with van der Waals surface area (Å²) in [5.74, 6) is 1.72. The molecule has 1 N–H and O–H groups in total. The predicted octanol–water partition coefficient (Wildman–Crippen LogP) is 4.27. The van der Waals surface area contributed by atoms with Crippen molar-refractivity contribution in [1.82, 2.24) is 9.97 Å². The number of benzene rings is 2. The van der Waals surface area contributed by atoms with Gasteiger partial charge in [-0.05, 0) is 56.2 Å². The van der Waals surface area contributed by atoms with Crippen LogP contribution in [0.25, 0.3) is 0 Å². The summed E-state index contributed by atoms with van der Waals surface area (Å²) in [5.41, 5.74) is 3.13. The number of hydrogen-bond acceptors (Lipinski definition) is 7. The monoisotopic (exact) mass is 473 g/mol. The number of carbonyl (C=O) groups is 1. The number of nitrogens with one attached hydrogen (secondary N) is 1. The van der Waals surface area contributed by atoms with E-state index >= 15 is 0 Å². The van der Waals surface area contributed by atoms with Crippen molar-refractivity contribution in [3.05, 3.63) is 66.5 Å². The van der Waals surface area contributed by atoms with E-state index < -0.39 is 0 Å². The lowest BCUT2D eigenvalue weighted by molar-refractivity contribution is -0.120. The van der Waals surface area contributed by atoms with E-state index in [0.29, 0.717) is 24.0 Å². The fraction of sp³-hybridized carbons (Fsp3) is 0.370. The van der Waals surface area contributed by atoms with Gasteiger partial charge in [-0.25, -0.2) is 9.97 Å². The van der Waals surface area contributed by atoms with Gasteiger partial charge in [0.25, 0.3) is 5.88 Å². The van der Waals surface area contributed by atoms with Gasteiger partial charge in [0, 0.05) is 49.9 Å². The maximum absolute atomic E-state index is 13.1. The zero-order valence-electron chi connectivity index (χ0n) is 20.0. The molecule has 0 aliphatic carbocycles. The average molecular weight is 474 g/mol. The molecule has 0 radical (unpaired) electrons. The third-order valence-electron chi connectivity index (χ3n) is 6.48. The maximum Gasteiger partial charge on any atom is 0.263 e. The van der Waals surface area contributed by atoms with Crippen LogP contribution >= 0.6 is 0 Å². The number of morpholine rings is 1. The molecule has 2 aromatic carbocycles. The number of aryl methyl sites for hydroxylation is 1. The SMILES string of the molecule is Cc1ccc(Oc2nccnc2N2CCCC(C(=O)Nc3ccc(N4CCOCC4)cc3)C2)cc1. The standard InChI is InChI=1S/C27H31N5O3/c1-20-4-10-24(11-5-20)35-27-25(28-12-13-29-27)32-14-2-3-21(19-32)26(33)30-22-6-8-23(9-7-22)31-15-17-34-18-16-31/h4-13,21H,2-3,14-19H2,1H3,(H,30,33). The van der Waals surface area contributed by atoms with Crippen molar-refractivity contribution in [3.8, 4) is 11.6 Å². The van der Waals surface area contributed by atoms with Gasteiger partial charge in [-0.1, -0.05) is 17.7 Å². The van der Waals surface area contributed by atoms with Crippen molar-refractivity contribution in [2.24, 2.45) is 5.92 Å². The van der Waals surface area contributed by atoms with Crippen molar-refractivity contribution in [2.45, 2.75) is 19.8 Å². The summed E-state index contributed by atoms with van der Waals surface area (Å²) in [6.45, 7) is 6.69. The molecule has 182 valence electrons. The Labute approximate surface area is 205 Å². The molecule has 35 heavy (non-hydrogen) atoms. The van der Waals surface area contributed by atoms with Crippen molar-refractivity contribution < 1.29 is 14.3 Å². The predicted molar refractivity (Wildman–Crippen MR) is 136 cm³/mol. The van der Waals surface area contributed by atoms with E-state index in [2.05, 4.69) is 37.2 Å². The Kier molecular flexibility index (Phi) is 7.09. The van der Waals surface area contributed by atoms with Crippen LogP contribution in [-0.2, 0) is 9.53 Å². The number of piperidine rings is 1. The second-order valence-electron chi connectivity index (χ2n) is 9.02. The summed E-state index contributed by atoms with van der Waals surface area (Å²) in [5, 5.41) is 3.10. The maximum atomic E-state index is 13.1. The molecule has 2 aliphatic rings. The Balaban J connectivity index is 1.23. The highest BCUT2D eigenvalue weighted by atomic mass is 16.5. The van der Waals surface area contributed by atoms with Gasteiger partial charge >= 0.3 is 0 Å². The Morgan fingerprint density at radius 2 is 1.71 bits per heavy atom. The molecule has 2 saturated heterocycles. The number of aromatic nitrogens is 2. The first-order valence-corrected chi connectivity index (χ1v) is 12.2. The van der Waals surface area contributed by atoms with Crippen LogP contribution in [0.3, 0.4) is 0 Å². The zero-order chi connectivity index (χ0) is 24.0. The number of ether oxygens (including phenoxy) is 2. The summed E-state index contributed by atoms with van der Waals surface area (Å²) in [7, 11) is 0. The minimum Gasteiger partial charge on any atom is -0.436 e. The Hall–Kier alpha value is -3.65. The van der Waals surface area contributed by atoms with Crippen LogP contribution in [0.2, 0.25) is 0 Å². The van der Waals surface area contributed by atoms with E-state index in [9.17, 15) is 4.79 Å². The largest absolute Gasteiger partial charge is 0.436 e. The van der Waals surface area contributed by atoms with Crippen molar-refractivity contribution in [2.75, 3.05) is 54.5 Å². The highest BCUT2D eigenvalue weighted by molar-refractivity contribution is 5.93. The number of carbonyl (C=O) groups excluding carboxylic acids is 1. The van der Waals surface area contributed by atoms with Crippen LogP contribution in [0.1, 0.15) is 18.4 Å². The first-order chi connectivity index (χ1) is 17.2. The molecule has 0 bridgehead atoms. The summed E-state index contributed by atoms with van der Waals surface area (Å²) < 4.78 is 11.5. The fourth-order valence-corrected chi connectivity index (χ4v) is 4.53. The summed E-state index contributed by atoms with van der Waals surface area (Å²) >= 11 is 0. The third-order valence-corrected chi connectivity index (χ3v) is 6.48. The smallest absolute Gasteiger partial charge is 0.263 e. The van der Waals surface area contributed by atoms with Gasteiger partial charge in [0.15, 0.2) is 5.82 Å². The van der Waals surface area contributed by atoms with E-state index in [-0.39, 0.29) is 11.8 Å². The van der Waals surface area contributed by atoms with Gasteiger partial charge in [0.2, 0.25) is 5.91 Å². The number of anilines is 3. The van der Waals surface area contributed by atoms with E-state index in [1.165, 1.54) is 0 Å². The normalized spacial score (nSPS) is 18.3. The number of amides is 1. The highest BCUT2D eigenvalue weighted by Crippen LogP contribution is 2.31. The van der Waals surface area contributed by atoms with Crippen LogP contribution in [0.15, 0.2) is 60.9 Å². The molecule has 5 rings (SSSR count). The molecular formula is C27H31N5O3. The molecule has 1 atom stereocenters. The lowest BCUT2D eigenvalue weighted by Crippen LogP contribution is -2.41. The molecule has 0 saturated carbocycles. The molecule has 0 spiro atoms. The minimum absolute atomic E-state index is 0.0266. The van der Waals surface area contributed by atoms with Gasteiger partial charge in [0.05, 0.1) is 19.1 Å². The van der Waals surface area contributed by atoms with Gasteiger partial charge < -0.3 is 24.6 Å². The van der Waals surface area contributed by atoms with Crippen molar-refractivity contribution in [3.63, 3.8) is 0 Å². The van der Waals surface area contributed by atoms with Gasteiger partial charge in [-0.3, -0.25) is 4.79 Å². The lowest BCUT2D eigenvalue weighted by atomic mass is 9.97. The highest BCUT2D eigenvalue weighted by Gasteiger charge is 2.28. The second kappa shape index (κ2) is 10.7. The van der Waals surface area contributed by atoms with E-state index in [1.807, 2.05) is 43.3 Å². The Bertz CT molecular complexity index is 1130. The topological polar surface area (TPSA) is 79.8 Å². The van der Waals surface area contributed by atoms with Crippen molar-refractivity contribution >= 4 is 23.1 Å². The summed E-state index contributed by atoms with van der Waals surface area (Å²) in [6, 6.07) is 15.9. The number of nitrogens with zero attached hydrogens (tertiary/aromatic N) is 4. The summed E-state index contributed by atoms with van der Waals surface area (Å²) in [4.78, 5) is 26.5. The molecular weight excluding hydrogens is 442 g/mol. The molecule has 1 aromatic heterocycles. The number of rotatable bonds is 6. The molecule has 2 fully saturated rings. The van der Waals surface area contributed by atoms with Gasteiger partial charge in [0.1, 0.15) is 5.75 Å². The average Bonchev–Trinajstić information content (AvgIpc) is 2.91. The Morgan fingerprint density at radius 3 is 2.49 bits per heavy atom. The molecule has 1 amide bonds. The fourth-order valence-electron chi connectivity index (χ4n) is 4.53. The van der Waals surface area contributed by atoms with Crippen molar-refractivity contribution in [1.29, 1.82) is 0 Å². The molecule has 3 aromatic rings. The lowest BCUT2D eigenvalue weighted by Gasteiger charge is -2.33. The van der Waals surface area contributed by atoms with Crippen LogP contribution in [0.5, 0.6) is 11.6 Å². The quantitative estimate of drug-likeness (QED) is 0.573. The van der Waals surface area contributed by atoms with Gasteiger partial charge in [-0.15, -0.1) is 0 Å². The van der Waals surface area contributed by atoms with Crippen LogP contribution in [0, 0.1) is 12.8 Å². The second-order valence-corrected chi connectivity index (χ2v) is 9.02. The van der Waals surface area contributed by atoms with E-state index in [0.717, 1.165) is 62.6 Å². The van der Waals surface area contributed by atoms with E-state index in [4.69, 9.17) is 9.47 Å². The zero-order valence-corrected chi connectivity index (χ0v) is 20.0. The molecule has 2 aliphatic heterocycles. The molecule has 3 heterocycles. The molecule has 1 unspecified atom stereocenters. The summed E-state index contributed by atoms with van der Waals surface area (Å²) in [6.07, 6.45) is 5.02. The van der Waals surface area contributed by atoms with Crippen LogP contribution in [-0.4, -0.2) is 55.3 Å². The Morgan fingerprint density at radius 1 is 0.971 bits per heavy atom. The third kappa shape index (κ3) is 5.71. The van der Waals surface area contributed by atoms with E-state index in [1.54, 1.807) is 12.4 Å². The van der Waals surface area contributed by atoms with Crippen LogP contribution < -0.4 is 19.9 Å². The molecule has 8 heteroatoms. The van der Waals surface area contributed by atoms with Crippen LogP contribution in [0.4, 0.5) is 17.2 Å². The first-order valence-electron chi connectivity index (χ1n) is 12.2. The molecule has 8 nitrogen and oxygen atoms in total. The minimum atomic E-state index is -0.142.